The third kappa shape index (κ3) is 4.18. The smallest absolute Gasteiger partial charge is 0.264 e. The minimum Gasteiger partial charge on any atom is -0.484 e. The molecule has 0 bridgehead atoms. The molecule has 0 N–H and O–H groups in total. The van der Waals surface area contributed by atoms with Gasteiger partial charge < -0.3 is 9.26 Å². The number of hydrogen-bond donors (Lipinski definition) is 0. The van der Waals surface area contributed by atoms with E-state index in [9.17, 15) is 8.42 Å². The van der Waals surface area contributed by atoms with Crippen molar-refractivity contribution in [3.05, 3.63) is 72.4 Å². The third-order valence-electron chi connectivity index (χ3n) is 5.16. The number of aromatic nitrogens is 2. The summed E-state index contributed by atoms with van der Waals surface area (Å²) in [5, 5.41) is 4.13. The van der Waals surface area contributed by atoms with Crippen LogP contribution >= 0.6 is 0 Å². The first-order chi connectivity index (χ1) is 14.0. The molecule has 0 aliphatic carbocycles. The first-order valence-electron chi connectivity index (χ1n) is 9.53. The van der Waals surface area contributed by atoms with Gasteiger partial charge in [-0.1, -0.05) is 48.5 Å². The molecule has 2 aromatic carbocycles. The zero-order valence-corrected chi connectivity index (χ0v) is 17.0. The van der Waals surface area contributed by atoms with E-state index in [0.29, 0.717) is 29.7 Å². The van der Waals surface area contributed by atoms with Gasteiger partial charge in [0.25, 0.3) is 5.89 Å². The summed E-state index contributed by atoms with van der Waals surface area (Å²) in [4.78, 5) is 4.79. The van der Waals surface area contributed by atoms with Crippen molar-refractivity contribution >= 4 is 10.0 Å². The van der Waals surface area contributed by atoms with Crippen molar-refractivity contribution in [1.82, 2.24) is 14.4 Å². The fourth-order valence-corrected chi connectivity index (χ4v) is 5.17. The molecular weight excluding hydrogens is 390 g/mol. The van der Waals surface area contributed by atoms with Crippen molar-refractivity contribution in [3.63, 3.8) is 0 Å². The van der Waals surface area contributed by atoms with Crippen LogP contribution < -0.4 is 4.74 Å². The lowest BCUT2D eigenvalue weighted by atomic mass is 9.82. The highest BCUT2D eigenvalue weighted by Gasteiger charge is 2.41. The van der Waals surface area contributed by atoms with Crippen LogP contribution in [0.4, 0.5) is 0 Å². The van der Waals surface area contributed by atoms with Crippen molar-refractivity contribution in [3.8, 4) is 5.75 Å². The molecule has 1 saturated heterocycles. The summed E-state index contributed by atoms with van der Waals surface area (Å²) < 4.78 is 38.6. The number of para-hydroxylation sites is 1. The lowest BCUT2D eigenvalue weighted by Crippen LogP contribution is -2.47. The van der Waals surface area contributed by atoms with Gasteiger partial charge in [0.2, 0.25) is 10.0 Å². The van der Waals surface area contributed by atoms with Crippen molar-refractivity contribution in [2.75, 3.05) is 13.1 Å². The normalized spacial score (nSPS) is 20.4. The second-order valence-corrected chi connectivity index (χ2v) is 9.37. The Morgan fingerprint density at radius 3 is 2.52 bits per heavy atom. The molecule has 3 aromatic rings. The lowest BCUT2D eigenvalue weighted by molar-refractivity contribution is 0.221. The molecule has 0 saturated carbocycles. The summed E-state index contributed by atoms with van der Waals surface area (Å²) in [6.45, 7) is 2.93. The summed E-state index contributed by atoms with van der Waals surface area (Å²) in [5.74, 6) is 1.60. The van der Waals surface area contributed by atoms with Gasteiger partial charge in [0.1, 0.15) is 5.75 Å². The standard InChI is InChI=1S/C21H23N3O4S/c1-21(20-22-19(28-23-20)15-27-17-9-4-2-5-10-17)13-8-14-24(16-21)29(25,26)18-11-6-3-7-12-18/h2-7,9-12H,8,13-16H2,1H3. The first-order valence-corrected chi connectivity index (χ1v) is 11.0. The molecule has 0 spiro atoms. The quantitative estimate of drug-likeness (QED) is 0.616. The number of nitrogens with zero attached hydrogens (tertiary/aromatic N) is 3. The average molecular weight is 413 g/mol. The van der Waals surface area contributed by atoms with Gasteiger partial charge in [-0.2, -0.15) is 9.29 Å². The topological polar surface area (TPSA) is 85.5 Å². The highest BCUT2D eigenvalue weighted by molar-refractivity contribution is 7.89. The molecule has 0 radical (unpaired) electrons. The van der Waals surface area contributed by atoms with Crippen LogP contribution in [0.25, 0.3) is 0 Å². The molecule has 1 atom stereocenters. The second kappa shape index (κ2) is 7.96. The first kappa shape index (κ1) is 19.6. The molecule has 1 unspecified atom stereocenters. The molecule has 29 heavy (non-hydrogen) atoms. The van der Waals surface area contributed by atoms with Gasteiger partial charge in [-0.05, 0) is 37.1 Å². The maximum atomic E-state index is 13.0. The van der Waals surface area contributed by atoms with Crippen LogP contribution in [0.1, 0.15) is 31.5 Å². The van der Waals surface area contributed by atoms with Crippen LogP contribution in [-0.2, 0) is 22.0 Å². The van der Waals surface area contributed by atoms with Crippen molar-refractivity contribution in [2.45, 2.75) is 36.7 Å². The molecule has 1 aliphatic rings. The van der Waals surface area contributed by atoms with Gasteiger partial charge in [0, 0.05) is 18.5 Å². The van der Waals surface area contributed by atoms with Crippen LogP contribution in [0.15, 0.2) is 70.1 Å². The zero-order valence-electron chi connectivity index (χ0n) is 16.2. The molecule has 1 fully saturated rings. The van der Waals surface area contributed by atoms with Gasteiger partial charge in [-0.15, -0.1) is 0 Å². The number of piperidine rings is 1. The summed E-state index contributed by atoms with van der Waals surface area (Å²) in [6, 6.07) is 17.9. The Hall–Kier alpha value is -2.71. The fraction of sp³-hybridized carbons (Fsp3) is 0.333. The van der Waals surface area contributed by atoms with Gasteiger partial charge >= 0.3 is 0 Å². The van der Waals surface area contributed by atoms with E-state index in [0.717, 1.165) is 18.6 Å². The molecule has 8 heteroatoms. The van der Waals surface area contributed by atoms with E-state index in [1.165, 1.54) is 4.31 Å². The highest BCUT2D eigenvalue weighted by Crippen LogP contribution is 2.34. The maximum Gasteiger partial charge on any atom is 0.264 e. The maximum absolute atomic E-state index is 13.0. The number of hydrogen-bond acceptors (Lipinski definition) is 6. The second-order valence-electron chi connectivity index (χ2n) is 7.43. The molecule has 4 rings (SSSR count). The van der Waals surface area contributed by atoms with E-state index in [4.69, 9.17) is 9.26 Å². The predicted molar refractivity (Wildman–Crippen MR) is 107 cm³/mol. The van der Waals surface area contributed by atoms with Crippen molar-refractivity contribution in [2.24, 2.45) is 0 Å². The number of benzene rings is 2. The Bertz CT molecular complexity index is 1050. The van der Waals surface area contributed by atoms with E-state index in [1.807, 2.05) is 37.3 Å². The van der Waals surface area contributed by atoms with E-state index in [-0.39, 0.29) is 6.61 Å². The van der Waals surface area contributed by atoms with Crippen LogP contribution in [-0.4, -0.2) is 36.0 Å². The van der Waals surface area contributed by atoms with Crippen LogP contribution in [0, 0.1) is 0 Å². The molecule has 7 nitrogen and oxygen atoms in total. The molecule has 1 aliphatic heterocycles. The Morgan fingerprint density at radius 2 is 1.79 bits per heavy atom. The van der Waals surface area contributed by atoms with Crippen molar-refractivity contribution in [1.29, 1.82) is 0 Å². The molecule has 1 aromatic heterocycles. The van der Waals surface area contributed by atoms with Crippen LogP contribution in [0.2, 0.25) is 0 Å². The Balaban J connectivity index is 1.49. The summed E-state index contributed by atoms with van der Waals surface area (Å²) in [7, 11) is -3.56. The van der Waals surface area contributed by atoms with E-state index in [1.54, 1.807) is 30.3 Å². The van der Waals surface area contributed by atoms with E-state index in [2.05, 4.69) is 10.1 Å². The van der Waals surface area contributed by atoms with Crippen molar-refractivity contribution < 1.29 is 17.7 Å². The minimum absolute atomic E-state index is 0.166. The Kier molecular flexibility index (Phi) is 5.38. The van der Waals surface area contributed by atoms with Gasteiger partial charge in [-0.3, -0.25) is 0 Å². The van der Waals surface area contributed by atoms with Gasteiger partial charge in [-0.25, -0.2) is 8.42 Å². The third-order valence-corrected chi connectivity index (χ3v) is 7.02. The molecule has 0 amide bonds. The molecule has 2 heterocycles. The molecular formula is C21H23N3O4S. The minimum atomic E-state index is -3.56. The van der Waals surface area contributed by atoms with Gasteiger partial charge in [0.05, 0.1) is 4.90 Å². The zero-order chi connectivity index (χ0) is 20.3. The average Bonchev–Trinajstić information content (AvgIpc) is 3.24. The van der Waals surface area contributed by atoms with E-state index >= 15 is 0 Å². The monoisotopic (exact) mass is 413 g/mol. The van der Waals surface area contributed by atoms with Crippen LogP contribution in [0.5, 0.6) is 5.75 Å². The summed E-state index contributed by atoms with van der Waals surface area (Å²) in [5.41, 5.74) is -0.519. The van der Waals surface area contributed by atoms with Crippen LogP contribution in [0.3, 0.4) is 0 Å². The lowest BCUT2D eigenvalue weighted by Gasteiger charge is -2.37. The predicted octanol–water partition coefficient (Wildman–Crippen LogP) is 3.39. The number of rotatable bonds is 6. The van der Waals surface area contributed by atoms with E-state index < -0.39 is 15.4 Å². The summed E-state index contributed by atoms with van der Waals surface area (Å²) in [6.07, 6.45) is 1.51. The Morgan fingerprint density at radius 1 is 1.10 bits per heavy atom. The van der Waals surface area contributed by atoms with Gasteiger partial charge in [0.15, 0.2) is 12.4 Å². The SMILES string of the molecule is CC1(c2noc(COc3ccccc3)n2)CCCN(S(=O)(=O)c2ccccc2)C1. The Labute approximate surface area is 170 Å². The highest BCUT2D eigenvalue weighted by atomic mass is 32.2. The fourth-order valence-electron chi connectivity index (χ4n) is 3.54. The largest absolute Gasteiger partial charge is 0.484 e. The summed E-state index contributed by atoms with van der Waals surface area (Å²) >= 11 is 0. The number of ether oxygens (including phenoxy) is 1. The molecule has 152 valence electrons. The number of sulfonamides is 1.